The highest BCUT2D eigenvalue weighted by molar-refractivity contribution is 6.61. The summed E-state index contributed by atoms with van der Waals surface area (Å²) in [5.41, 5.74) is -0.599. The van der Waals surface area contributed by atoms with Gasteiger partial charge in [-0.25, -0.2) is 4.79 Å². The van der Waals surface area contributed by atoms with Gasteiger partial charge >= 0.3 is 13.1 Å². The molecule has 0 amide bonds. The summed E-state index contributed by atoms with van der Waals surface area (Å²) < 4.78 is 36.9. The molecule has 1 aliphatic rings. The number of ether oxygens (including phenoxy) is 1. The lowest BCUT2D eigenvalue weighted by atomic mass is 9.83. The number of pyridine rings is 1. The number of aromatic nitrogens is 1. The first kappa shape index (κ1) is 10.4. The highest BCUT2D eigenvalue weighted by atomic mass is 16.7. The lowest BCUT2D eigenvalue weighted by Crippen LogP contribution is -2.41. The molecular formula is C13H18BNO4. The second-order valence-electron chi connectivity index (χ2n) is 5.45. The predicted octanol–water partition coefficient (Wildman–Crippen LogP) is 1.17. The van der Waals surface area contributed by atoms with E-state index in [1.807, 2.05) is 27.7 Å². The number of methoxy groups -OCH3 is 1. The first-order chi connectivity index (χ1) is 9.91. The molecule has 1 fully saturated rings. The van der Waals surface area contributed by atoms with Crippen molar-refractivity contribution >= 4 is 18.7 Å². The molecule has 0 N–H and O–H groups in total. The van der Waals surface area contributed by atoms with Crippen LogP contribution in [0.25, 0.3) is 0 Å². The summed E-state index contributed by atoms with van der Waals surface area (Å²) in [5, 5.41) is 0. The average Bonchev–Trinajstić information content (AvgIpc) is 2.57. The van der Waals surface area contributed by atoms with Crippen LogP contribution in [0, 0.1) is 0 Å². The van der Waals surface area contributed by atoms with E-state index in [4.69, 9.17) is 13.4 Å². The molecule has 19 heavy (non-hydrogen) atoms. The van der Waals surface area contributed by atoms with Crippen molar-refractivity contribution in [3.8, 4) is 0 Å². The topological polar surface area (TPSA) is 57.7 Å². The Balaban J connectivity index is 2.22. The third-order valence-corrected chi connectivity index (χ3v) is 3.60. The highest BCUT2D eigenvalue weighted by Crippen LogP contribution is 2.36. The Morgan fingerprint density at radius 2 is 2.00 bits per heavy atom. The van der Waals surface area contributed by atoms with Gasteiger partial charge in [0.25, 0.3) is 0 Å². The van der Waals surface area contributed by atoms with E-state index in [1.165, 1.54) is 18.3 Å². The van der Waals surface area contributed by atoms with Crippen LogP contribution in [-0.2, 0) is 14.0 Å². The van der Waals surface area contributed by atoms with Crippen LogP contribution in [0.2, 0.25) is 0 Å². The number of hydrogen-bond donors (Lipinski definition) is 0. The van der Waals surface area contributed by atoms with Gasteiger partial charge in [0.15, 0.2) is 0 Å². The summed E-state index contributed by atoms with van der Waals surface area (Å²) in [5.74, 6) is -0.944. The molecule has 0 aliphatic carbocycles. The maximum absolute atomic E-state index is 11.8. The summed E-state index contributed by atoms with van der Waals surface area (Å²) in [7, 11) is -3.52. The zero-order chi connectivity index (χ0) is 16.8. The van der Waals surface area contributed by atoms with Crippen LogP contribution in [0.1, 0.15) is 42.2 Å². The minimum absolute atomic E-state index is 0.0795. The molecule has 1 aromatic rings. The maximum Gasteiger partial charge on any atom is 0.514 e. The molecular weight excluding hydrogens is 245 g/mol. The van der Waals surface area contributed by atoms with Crippen LogP contribution in [-0.4, -0.2) is 36.3 Å². The van der Waals surface area contributed by atoms with E-state index in [0.29, 0.717) is 5.59 Å². The zero-order valence-electron chi connectivity index (χ0n) is 14.4. The van der Waals surface area contributed by atoms with Gasteiger partial charge in [-0.1, -0.05) is 0 Å². The first-order valence-electron chi connectivity index (χ1n) is 7.46. The van der Waals surface area contributed by atoms with Crippen molar-refractivity contribution in [3.05, 3.63) is 23.9 Å². The van der Waals surface area contributed by atoms with Gasteiger partial charge in [-0.05, 0) is 39.8 Å². The van der Waals surface area contributed by atoms with Crippen LogP contribution in [0.4, 0.5) is 0 Å². The summed E-state index contributed by atoms with van der Waals surface area (Å²) in [6.45, 7) is 7.61. The van der Waals surface area contributed by atoms with Gasteiger partial charge in [-0.2, -0.15) is 0 Å². The third-order valence-electron chi connectivity index (χ3n) is 3.60. The summed E-state index contributed by atoms with van der Waals surface area (Å²) in [6, 6.07) is 2.79. The number of nitrogens with zero attached hydrogens (tertiary/aromatic N) is 1. The van der Waals surface area contributed by atoms with E-state index in [2.05, 4.69) is 9.72 Å². The average molecular weight is 266 g/mol. The Bertz CT molecular complexity index is 573. The van der Waals surface area contributed by atoms with Crippen molar-refractivity contribution in [2.75, 3.05) is 7.04 Å². The fraction of sp³-hybridized carbons (Fsp3) is 0.538. The molecule has 1 aromatic heterocycles. The summed E-state index contributed by atoms with van der Waals surface area (Å²) in [4.78, 5) is 15.9. The van der Waals surface area contributed by atoms with E-state index in [-0.39, 0.29) is 5.56 Å². The van der Waals surface area contributed by atoms with E-state index in [0.717, 1.165) is 0 Å². The normalized spacial score (nSPS) is 23.4. The van der Waals surface area contributed by atoms with Crippen molar-refractivity contribution < 1.29 is 23.0 Å². The van der Waals surface area contributed by atoms with Crippen molar-refractivity contribution in [1.29, 1.82) is 0 Å². The van der Waals surface area contributed by atoms with Crippen LogP contribution in [0.15, 0.2) is 18.3 Å². The summed E-state index contributed by atoms with van der Waals surface area (Å²) in [6.07, 6.45) is 1.39. The molecule has 0 bridgehead atoms. The van der Waals surface area contributed by atoms with Gasteiger partial charge in [0.1, 0.15) is 0 Å². The van der Waals surface area contributed by atoms with Gasteiger partial charge in [0, 0.05) is 6.20 Å². The van der Waals surface area contributed by atoms with Gasteiger partial charge < -0.3 is 14.0 Å². The predicted molar refractivity (Wildman–Crippen MR) is 71.3 cm³/mol. The van der Waals surface area contributed by atoms with Crippen LogP contribution >= 0.6 is 0 Å². The quantitative estimate of drug-likeness (QED) is 0.594. The molecule has 2 rings (SSSR count). The smallest absolute Gasteiger partial charge is 0.465 e. The molecule has 6 heteroatoms. The molecule has 102 valence electrons. The molecule has 1 aliphatic heterocycles. The Kier molecular flexibility index (Phi) is 2.53. The van der Waals surface area contributed by atoms with E-state index in [9.17, 15) is 4.79 Å². The number of rotatable bonds is 2. The lowest BCUT2D eigenvalue weighted by Gasteiger charge is -2.32. The van der Waals surface area contributed by atoms with Crippen molar-refractivity contribution in [2.24, 2.45) is 0 Å². The fourth-order valence-corrected chi connectivity index (χ4v) is 1.73. The van der Waals surface area contributed by atoms with E-state index >= 15 is 0 Å². The lowest BCUT2D eigenvalue weighted by molar-refractivity contribution is 0.00578. The molecule has 1 saturated heterocycles. The number of esters is 1. The molecule has 0 atom stereocenters. The van der Waals surface area contributed by atoms with E-state index in [1.54, 1.807) is 0 Å². The number of hydrogen-bond acceptors (Lipinski definition) is 5. The monoisotopic (exact) mass is 266 g/mol. The third kappa shape index (κ3) is 2.50. The molecule has 0 spiro atoms. The Morgan fingerprint density at radius 3 is 2.58 bits per heavy atom. The fourth-order valence-electron chi connectivity index (χ4n) is 1.73. The maximum atomic E-state index is 11.8. The van der Waals surface area contributed by atoms with Gasteiger partial charge in [-0.3, -0.25) is 4.98 Å². The second-order valence-corrected chi connectivity index (χ2v) is 5.45. The Labute approximate surface area is 117 Å². The molecule has 2 heterocycles. The largest absolute Gasteiger partial charge is 0.514 e. The zero-order valence-corrected chi connectivity index (χ0v) is 11.4. The SMILES string of the molecule is [2H]C([2H])([2H])OC(=O)c1ccnc(B2OC(C)(C)C(C)(C)O2)c1. The van der Waals surface area contributed by atoms with Crippen molar-refractivity contribution in [1.82, 2.24) is 4.98 Å². The Hall–Kier alpha value is -1.40. The molecule has 0 aromatic carbocycles. The first-order valence-corrected chi connectivity index (χ1v) is 5.96. The van der Waals surface area contributed by atoms with E-state index < -0.39 is 31.3 Å². The number of carbonyl (C=O) groups excluding carboxylic acids is 1. The van der Waals surface area contributed by atoms with Crippen molar-refractivity contribution in [3.63, 3.8) is 0 Å². The van der Waals surface area contributed by atoms with Crippen LogP contribution in [0.5, 0.6) is 0 Å². The van der Waals surface area contributed by atoms with Crippen molar-refractivity contribution in [2.45, 2.75) is 38.9 Å². The summed E-state index contributed by atoms with van der Waals surface area (Å²) >= 11 is 0. The van der Waals surface area contributed by atoms with Crippen LogP contribution in [0.3, 0.4) is 0 Å². The molecule has 0 radical (unpaired) electrons. The van der Waals surface area contributed by atoms with Gasteiger partial charge in [-0.15, -0.1) is 0 Å². The van der Waals surface area contributed by atoms with Gasteiger partial charge in [0.05, 0.1) is 33.5 Å². The highest BCUT2D eigenvalue weighted by Gasteiger charge is 2.52. The standard InChI is InChI=1S/C13H18BNO4/c1-12(2)13(3,4)19-14(18-12)10-8-9(6-7-15-10)11(16)17-5/h6-8H,1-5H3/i5D3. The van der Waals surface area contributed by atoms with Gasteiger partial charge in [0.2, 0.25) is 0 Å². The molecule has 0 unspecified atom stereocenters. The minimum Gasteiger partial charge on any atom is -0.465 e. The second kappa shape index (κ2) is 4.61. The molecule has 5 nitrogen and oxygen atoms in total. The number of carbonyl (C=O) groups is 1. The van der Waals surface area contributed by atoms with Crippen LogP contribution < -0.4 is 5.59 Å². The Morgan fingerprint density at radius 1 is 1.37 bits per heavy atom. The minimum atomic E-state index is -2.79. The molecule has 0 saturated carbocycles.